The Morgan fingerprint density at radius 2 is 1.42 bits per heavy atom. The van der Waals surface area contributed by atoms with Crippen LogP contribution < -0.4 is 22.9 Å². The molecule has 7 atom stereocenters. The lowest BCUT2D eigenvalue weighted by molar-refractivity contribution is -0.435. The summed E-state index contributed by atoms with van der Waals surface area (Å²) in [4.78, 5) is 57.8. The smallest absolute Gasteiger partial charge is 0.369 e. The topological polar surface area (TPSA) is 342 Å². The highest BCUT2D eigenvalue weighted by Crippen LogP contribution is 2.61. The van der Waals surface area contributed by atoms with E-state index in [1.54, 1.807) is 20.8 Å². The number of aliphatic hydroxyl groups excluding tert-OH is 1. The van der Waals surface area contributed by atoms with Crippen molar-refractivity contribution in [1.29, 1.82) is 0 Å². The van der Waals surface area contributed by atoms with Crippen LogP contribution >= 0.6 is 24.1 Å². The van der Waals surface area contributed by atoms with Gasteiger partial charge >= 0.3 is 33.3 Å². The van der Waals surface area contributed by atoms with E-state index in [4.69, 9.17) is 53.3 Å². The van der Waals surface area contributed by atoms with Crippen LogP contribution in [0.25, 0.3) is 0 Å². The lowest BCUT2D eigenvalue weighted by Gasteiger charge is -2.29. The molecule has 7 unspecified atom stereocenters. The minimum absolute atomic E-state index is 0.00579. The molecule has 0 radical (unpaired) electrons. The number of hydrogen-bond acceptors (Lipinski definition) is 14. The summed E-state index contributed by atoms with van der Waals surface area (Å²) in [7, 11) is -6.81. The third-order valence-electron chi connectivity index (χ3n) is 4.92. The van der Waals surface area contributed by atoms with E-state index in [-0.39, 0.29) is 26.5 Å². The van der Waals surface area contributed by atoms with Gasteiger partial charge in [0, 0.05) is 12.7 Å². The van der Waals surface area contributed by atoms with Gasteiger partial charge in [-0.25, -0.2) is 14.9 Å². The van der Waals surface area contributed by atoms with Crippen molar-refractivity contribution < 1.29 is 68.4 Å². The van der Waals surface area contributed by atoms with Crippen LogP contribution in [0.1, 0.15) is 48.5 Å². The lowest BCUT2D eigenvalue weighted by Crippen LogP contribution is -2.53. The number of hydrogen-bond donors (Lipinski definition) is 11. The Morgan fingerprint density at radius 3 is 1.47 bits per heavy atom. The van der Waals surface area contributed by atoms with E-state index < -0.39 is 49.5 Å². The first-order valence-electron chi connectivity index (χ1n) is 10.4. The average Bonchev–Trinajstić information content (AvgIpc) is 2.76. The molecule has 0 aliphatic carbocycles. The summed E-state index contributed by atoms with van der Waals surface area (Å²) in [5.74, 6) is -2.98. The number of carbonyl (C=O) groups excluding carboxylic acids is 1. The maximum absolute atomic E-state index is 10.7. The van der Waals surface area contributed by atoms with Gasteiger partial charge in [0.1, 0.15) is 10.8 Å². The molecule has 15 N–H and O–H groups in total. The van der Waals surface area contributed by atoms with Crippen LogP contribution in [-0.4, -0.2) is 88.3 Å². The number of carbonyl (C=O) groups is 3. The fourth-order valence-corrected chi connectivity index (χ4v) is 2.92. The quantitative estimate of drug-likeness (QED) is 0.0593. The number of carboxylic acids is 2. The molecular weight excluding hydrogens is 577 g/mol. The first-order chi connectivity index (χ1) is 16.7. The molecule has 0 amide bonds. The van der Waals surface area contributed by atoms with Crippen LogP contribution in [-0.2, 0) is 33.2 Å². The second-order valence-corrected chi connectivity index (χ2v) is 14.7. The summed E-state index contributed by atoms with van der Waals surface area (Å²) in [6, 6.07) is 0.0567. The molecule has 0 aliphatic heterocycles. The second-order valence-electron chi connectivity index (χ2n) is 8.62. The molecule has 0 heterocycles. The molecule has 21 heteroatoms. The van der Waals surface area contributed by atoms with E-state index in [1.807, 2.05) is 0 Å². The zero-order valence-electron chi connectivity index (χ0n) is 22.5. The van der Waals surface area contributed by atoms with E-state index in [9.17, 15) is 23.8 Å². The predicted molar refractivity (Wildman–Crippen MR) is 141 cm³/mol. The van der Waals surface area contributed by atoms with Gasteiger partial charge in [-0.2, -0.15) is 9.20 Å². The first-order valence-corrected chi connectivity index (χ1v) is 14.7. The van der Waals surface area contributed by atoms with Crippen LogP contribution in [0.15, 0.2) is 0 Å². The Bertz CT molecular complexity index is 759. The maximum Gasteiger partial charge on any atom is 0.369 e. The number of carboxylic acid groups (broad SMARTS) is 2. The summed E-state index contributed by atoms with van der Waals surface area (Å²) in [5, 5.41) is 33.0. The molecule has 0 aromatic heterocycles. The molecule has 0 aromatic carbocycles. The van der Waals surface area contributed by atoms with Crippen LogP contribution in [0.5, 0.6) is 0 Å². The highest BCUT2D eigenvalue weighted by atomic mass is 31.2. The van der Waals surface area contributed by atoms with Crippen molar-refractivity contribution in [3.63, 3.8) is 0 Å². The number of nitrogens with two attached hydrogens (primary N) is 4. The van der Waals surface area contributed by atoms with Gasteiger partial charge in [-0.15, -0.1) is 0 Å². The molecule has 230 valence electrons. The zero-order chi connectivity index (χ0) is 31.9. The fourth-order valence-electron chi connectivity index (χ4n) is 1.09. The van der Waals surface area contributed by atoms with Gasteiger partial charge in [-0.1, -0.05) is 18.9 Å². The van der Waals surface area contributed by atoms with Crippen molar-refractivity contribution in [3.8, 4) is 0 Å². The van der Waals surface area contributed by atoms with Crippen molar-refractivity contribution in [3.05, 3.63) is 0 Å². The van der Waals surface area contributed by atoms with Crippen molar-refractivity contribution >= 4 is 42.1 Å². The zero-order valence-corrected chi connectivity index (χ0v) is 25.3. The maximum atomic E-state index is 10.7. The van der Waals surface area contributed by atoms with Gasteiger partial charge in [-0.05, 0) is 33.6 Å². The molecule has 0 rings (SSSR count). The van der Waals surface area contributed by atoms with Crippen LogP contribution in [0, 0.1) is 5.92 Å². The molecule has 0 aliphatic rings. The largest absolute Gasteiger partial charge is 0.480 e. The lowest BCUT2D eigenvalue weighted by atomic mass is 9.98. The summed E-state index contributed by atoms with van der Waals surface area (Å²) >= 11 is 0. The molecule has 0 saturated heterocycles. The molecule has 0 bridgehead atoms. The van der Waals surface area contributed by atoms with Gasteiger partial charge in [0.25, 0.3) is 5.28 Å². The Labute approximate surface area is 223 Å². The van der Waals surface area contributed by atoms with Gasteiger partial charge < -0.3 is 42.3 Å². The Kier molecular flexibility index (Phi) is 21.6. The minimum atomic E-state index is -4.15. The molecule has 38 heavy (non-hydrogen) atoms. The Balaban J connectivity index is -0.000000206. The van der Waals surface area contributed by atoms with Crippen molar-refractivity contribution in [2.24, 2.45) is 28.9 Å². The van der Waals surface area contributed by atoms with E-state index in [0.29, 0.717) is 0 Å². The Morgan fingerprint density at radius 1 is 1.03 bits per heavy atom. The van der Waals surface area contributed by atoms with Gasteiger partial charge in [0.2, 0.25) is 0 Å². The molecular formula is C17H44N4O14P3+. The minimum Gasteiger partial charge on any atom is -0.480 e. The van der Waals surface area contributed by atoms with E-state index in [2.05, 4.69) is 14.2 Å². The number of aliphatic carboxylic acids is 2. The second kappa shape index (κ2) is 18.5. The van der Waals surface area contributed by atoms with Crippen LogP contribution in [0.4, 0.5) is 0 Å². The van der Waals surface area contributed by atoms with Crippen molar-refractivity contribution in [2.45, 2.75) is 76.5 Å². The predicted octanol–water partition coefficient (Wildman–Crippen LogP) is -0.608. The molecule has 0 aromatic rings. The van der Waals surface area contributed by atoms with Crippen LogP contribution in [0.3, 0.4) is 0 Å². The number of rotatable bonds is 11. The molecule has 18 nitrogen and oxygen atoms in total. The third-order valence-corrected chi connectivity index (χ3v) is 9.60. The SMILES string of the molecule is CC(C)C(C)(N)P(=O)(O)O.CC(N)POOO.CC(O)C(C)(N)C(=O)O.CO[P+](O)(C=O)C(C)(N)C(=O)O. The highest BCUT2D eigenvalue weighted by Gasteiger charge is 2.61. The monoisotopic (exact) mass is 621 g/mol. The van der Waals surface area contributed by atoms with E-state index in [1.165, 1.54) is 20.8 Å². The normalized spacial score (nSPS) is 19.3. The molecule has 0 fully saturated rings. The van der Waals surface area contributed by atoms with Gasteiger partial charge in [0.15, 0.2) is 0 Å². The molecule has 0 spiro atoms. The van der Waals surface area contributed by atoms with Crippen molar-refractivity contribution in [2.75, 3.05) is 7.11 Å². The standard InChI is InChI=1S/C5H10NO5P.C5H14NO3P.C5H11NO3.C2H8NO3P/c1-5(6,4(8)9)12(10,3-7)11-2;1-4(2)5(3,6)10(7,8)9;1-3(7)5(2,6)4(8)9;1-2(3)7-6-5-4/h3,10H,6H2,1-2H3;4H,6H2,1-3H3,(H2,7,8,9);3,7H,6H2,1-2H3,(H,8,9);2,4,7H,3H2,1H3/p+1. The Hall–Kier alpha value is -0.780. The summed E-state index contributed by atoms with van der Waals surface area (Å²) in [6.45, 7) is 10.1. The van der Waals surface area contributed by atoms with Crippen LogP contribution in [0.2, 0.25) is 0 Å². The summed E-state index contributed by atoms with van der Waals surface area (Å²) in [5.41, 5.74) is 19.4. The molecule has 0 saturated carbocycles. The number of aliphatic hydroxyl groups is 1. The highest BCUT2D eigenvalue weighted by molar-refractivity contribution is 7.81. The summed E-state index contributed by atoms with van der Waals surface area (Å²) in [6.07, 6.45) is -1.03. The fraction of sp³-hybridized carbons (Fsp3) is 0.824. The van der Waals surface area contributed by atoms with E-state index in [0.717, 1.165) is 14.0 Å². The van der Waals surface area contributed by atoms with E-state index >= 15 is 0 Å². The van der Waals surface area contributed by atoms with Crippen molar-refractivity contribution in [1.82, 2.24) is 0 Å². The first kappa shape index (κ1) is 44.2. The summed E-state index contributed by atoms with van der Waals surface area (Å²) < 4.78 is 19.1. The van der Waals surface area contributed by atoms with Gasteiger partial charge in [0.05, 0.1) is 22.0 Å². The average molecular weight is 621 g/mol. The third kappa shape index (κ3) is 15.7. The van der Waals surface area contributed by atoms with Gasteiger partial charge in [-0.3, -0.25) is 19.9 Å².